The maximum atomic E-state index is 13.4. The summed E-state index contributed by atoms with van der Waals surface area (Å²) in [5, 5.41) is 0.786. The molecular formula is C26H27F6N3O2. The highest BCUT2D eigenvalue weighted by Gasteiger charge is 2.37. The van der Waals surface area contributed by atoms with Crippen molar-refractivity contribution < 1.29 is 35.9 Å². The molecule has 1 heterocycles. The first-order valence-electron chi connectivity index (χ1n) is 11.5. The van der Waals surface area contributed by atoms with Crippen molar-refractivity contribution in [3.8, 4) is 0 Å². The summed E-state index contributed by atoms with van der Waals surface area (Å²) in [7, 11) is 1.09. The number of hydrogen-bond acceptors (Lipinski definition) is 4. The summed E-state index contributed by atoms with van der Waals surface area (Å²) in [4.78, 5) is 20.4. The van der Waals surface area contributed by atoms with Crippen LogP contribution < -0.4 is 4.90 Å². The number of hydrogen-bond donors (Lipinski definition) is 0. The molecule has 1 aromatic heterocycles. The first-order chi connectivity index (χ1) is 17.3. The van der Waals surface area contributed by atoms with E-state index in [2.05, 4.69) is 0 Å². The molecule has 3 rings (SSSR count). The van der Waals surface area contributed by atoms with E-state index in [1.807, 2.05) is 49.9 Å². The summed E-state index contributed by atoms with van der Waals surface area (Å²) in [5.41, 5.74) is -0.961. The van der Waals surface area contributed by atoms with Crippen molar-refractivity contribution in [1.82, 2.24) is 9.88 Å². The molecule has 2 aromatic carbocycles. The molecular weight excluding hydrogens is 500 g/mol. The molecule has 0 saturated carbocycles. The monoisotopic (exact) mass is 527 g/mol. The quantitative estimate of drug-likeness (QED) is 0.305. The molecule has 1 amide bonds. The Balaban J connectivity index is 2.10. The van der Waals surface area contributed by atoms with Crippen molar-refractivity contribution in [3.63, 3.8) is 0 Å². The first kappa shape index (κ1) is 28.1. The van der Waals surface area contributed by atoms with Gasteiger partial charge >= 0.3 is 18.4 Å². The summed E-state index contributed by atoms with van der Waals surface area (Å²) in [6.45, 7) is 6.25. The Morgan fingerprint density at radius 2 is 1.49 bits per heavy atom. The smallest absolute Gasteiger partial charge is 0.416 e. The topological polar surface area (TPSA) is 45.7 Å². The van der Waals surface area contributed by atoms with Crippen molar-refractivity contribution in [3.05, 3.63) is 70.3 Å². The summed E-state index contributed by atoms with van der Waals surface area (Å²) in [5.74, 6) is 0.565. The number of rotatable bonds is 7. The zero-order chi connectivity index (χ0) is 27.5. The standard InChI is InChI=1S/C26H27F6N3O2/c1-5-34(6-2)23-19(12-18-9-16(3)7-8-22(18)33-23)15-35(24(36)37-4)14-17-10-20(25(27,28)29)13-21(11-17)26(30,31)32/h7-13H,5-6,14-15H2,1-4H3. The fourth-order valence-electron chi connectivity index (χ4n) is 4.09. The number of benzene rings is 2. The van der Waals surface area contributed by atoms with Gasteiger partial charge in [-0.3, -0.25) is 4.90 Å². The number of aromatic nitrogens is 1. The van der Waals surface area contributed by atoms with Crippen molar-refractivity contribution in [2.24, 2.45) is 0 Å². The zero-order valence-corrected chi connectivity index (χ0v) is 20.8. The molecule has 37 heavy (non-hydrogen) atoms. The van der Waals surface area contributed by atoms with Gasteiger partial charge < -0.3 is 9.64 Å². The van der Waals surface area contributed by atoms with Crippen LogP contribution in [0.25, 0.3) is 10.9 Å². The van der Waals surface area contributed by atoms with E-state index in [0.29, 0.717) is 42.1 Å². The fourth-order valence-corrected chi connectivity index (χ4v) is 4.09. The van der Waals surface area contributed by atoms with Gasteiger partial charge in [0.05, 0.1) is 30.3 Å². The lowest BCUT2D eigenvalue weighted by Crippen LogP contribution is -2.32. The minimum absolute atomic E-state index is 0.0556. The van der Waals surface area contributed by atoms with Crippen molar-refractivity contribution in [2.75, 3.05) is 25.1 Å². The second-order valence-corrected chi connectivity index (χ2v) is 8.58. The van der Waals surface area contributed by atoms with Crippen LogP contribution in [0.3, 0.4) is 0 Å². The molecule has 0 bridgehead atoms. The molecule has 0 N–H and O–H groups in total. The highest BCUT2D eigenvalue weighted by molar-refractivity contribution is 5.83. The molecule has 0 aliphatic heterocycles. The largest absolute Gasteiger partial charge is 0.453 e. The maximum Gasteiger partial charge on any atom is 0.416 e. The molecule has 0 radical (unpaired) electrons. The Kier molecular flexibility index (Phi) is 8.24. The van der Waals surface area contributed by atoms with Crippen molar-refractivity contribution in [2.45, 2.75) is 46.2 Å². The molecule has 0 atom stereocenters. The summed E-state index contributed by atoms with van der Waals surface area (Å²) < 4.78 is 85.0. The third-order valence-electron chi connectivity index (χ3n) is 5.90. The number of pyridine rings is 1. The van der Waals surface area contributed by atoms with E-state index >= 15 is 0 Å². The van der Waals surface area contributed by atoms with Gasteiger partial charge in [0.1, 0.15) is 5.82 Å². The van der Waals surface area contributed by atoms with Gasteiger partial charge in [-0.1, -0.05) is 11.6 Å². The molecule has 0 saturated heterocycles. The molecule has 0 aliphatic carbocycles. The number of nitrogens with zero attached hydrogens (tertiary/aromatic N) is 3. The third kappa shape index (κ3) is 6.64. The predicted octanol–water partition coefficient (Wildman–Crippen LogP) is 7.20. The van der Waals surface area contributed by atoms with Gasteiger partial charge in [-0.05, 0) is 62.7 Å². The average Bonchev–Trinajstić information content (AvgIpc) is 2.82. The Bertz CT molecular complexity index is 1240. The lowest BCUT2D eigenvalue weighted by atomic mass is 10.0. The van der Waals surface area contributed by atoms with Crippen LogP contribution in [0.2, 0.25) is 0 Å². The summed E-state index contributed by atoms with van der Waals surface area (Å²) >= 11 is 0. The molecule has 5 nitrogen and oxygen atoms in total. The molecule has 0 unspecified atom stereocenters. The summed E-state index contributed by atoms with van der Waals surface area (Å²) in [6, 6.07) is 8.78. The molecule has 11 heteroatoms. The van der Waals surface area contributed by atoms with Crippen LogP contribution in [0, 0.1) is 6.92 Å². The minimum Gasteiger partial charge on any atom is -0.453 e. The maximum absolute atomic E-state index is 13.4. The van der Waals surface area contributed by atoms with Gasteiger partial charge in [0.2, 0.25) is 0 Å². The first-order valence-corrected chi connectivity index (χ1v) is 11.5. The van der Waals surface area contributed by atoms with Gasteiger partial charge in [-0.25, -0.2) is 9.78 Å². The van der Waals surface area contributed by atoms with Gasteiger partial charge in [0.15, 0.2) is 0 Å². The molecule has 200 valence electrons. The number of fused-ring (bicyclic) bond motifs is 1. The highest BCUT2D eigenvalue weighted by atomic mass is 19.4. The lowest BCUT2D eigenvalue weighted by Gasteiger charge is -2.27. The molecule has 0 fully saturated rings. The Morgan fingerprint density at radius 3 is 2.00 bits per heavy atom. The zero-order valence-electron chi connectivity index (χ0n) is 20.8. The predicted molar refractivity (Wildman–Crippen MR) is 128 cm³/mol. The number of alkyl halides is 6. The minimum atomic E-state index is -5.00. The van der Waals surface area contributed by atoms with E-state index in [0.717, 1.165) is 23.0 Å². The molecule has 3 aromatic rings. The fraction of sp³-hybridized carbons (Fsp3) is 0.385. The van der Waals surface area contributed by atoms with Crippen LogP contribution >= 0.6 is 0 Å². The number of anilines is 1. The SMILES string of the molecule is CCN(CC)c1nc2ccc(C)cc2cc1CN(Cc1cc(C(F)(F)F)cc(C(F)(F)F)c1)C(=O)OC. The second kappa shape index (κ2) is 10.9. The van der Waals surface area contributed by atoms with Gasteiger partial charge in [-0.15, -0.1) is 0 Å². The number of carbonyl (C=O) groups is 1. The van der Waals surface area contributed by atoms with Crippen LogP contribution in [-0.4, -0.2) is 36.2 Å². The number of aryl methyl sites for hydroxylation is 1. The van der Waals surface area contributed by atoms with Crippen LogP contribution in [0.5, 0.6) is 0 Å². The van der Waals surface area contributed by atoms with E-state index in [1.165, 1.54) is 0 Å². The summed E-state index contributed by atoms with van der Waals surface area (Å²) in [6.07, 6.45) is -10.9. The van der Waals surface area contributed by atoms with Crippen LogP contribution in [-0.2, 0) is 30.2 Å². The van der Waals surface area contributed by atoms with E-state index in [9.17, 15) is 31.1 Å². The molecule has 0 aliphatic rings. The number of carbonyl (C=O) groups excluding carboxylic acids is 1. The Hall–Kier alpha value is -3.50. The van der Waals surface area contributed by atoms with E-state index < -0.39 is 36.1 Å². The van der Waals surface area contributed by atoms with Crippen molar-refractivity contribution in [1.29, 1.82) is 0 Å². The second-order valence-electron chi connectivity index (χ2n) is 8.58. The van der Waals surface area contributed by atoms with E-state index in [-0.39, 0.29) is 18.2 Å². The van der Waals surface area contributed by atoms with Gasteiger partial charge in [-0.2, -0.15) is 26.3 Å². The average molecular weight is 528 g/mol. The van der Waals surface area contributed by atoms with Crippen LogP contribution in [0.4, 0.5) is 37.0 Å². The van der Waals surface area contributed by atoms with Gasteiger partial charge in [0.25, 0.3) is 0 Å². The Morgan fingerprint density at radius 1 is 0.892 bits per heavy atom. The number of ether oxygens (including phenoxy) is 1. The van der Waals surface area contributed by atoms with E-state index in [1.54, 1.807) is 0 Å². The van der Waals surface area contributed by atoms with Gasteiger partial charge in [0, 0.05) is 30.6 Å². The van der Waals surface area contributed by atoms with E-state index in [4.69, 9.17) is 9.72 Å². The Labute approximate surface area is 210 Å². The number of methoxy groups -OCH3 is 1. The van der Waals surface area contributed by atoms with Crippen LogP contribution in [0.1, 0.15) is 41.7 Å². The highest BCUT2D eigenvalue weighted by Crippen LogP contribution is 2.37. The normalized spacial score (nSPS) is 12.1. The van der Waals surface area contributed by atoms with Crippen LogP contribution in [0.15, 0.2) is 42.5 Å². The molecule has 0 spiro atoms. The lowest BCUT2D eigenvalue weighted by molar-refractivity contribution is -0.143. The third-order valence-corrected chi connectivity index (χ3v) is 5.90. The number of halogens is 6. The van der Waals surface area contributed by atoms with Crippen molar-refractivity contribution >= 4 is 22.8 Å². The number of amides is 1.